The first-order chi connectivity index (χ1) is 7.24. The van der Waals surface area contributed by atoms with E-state index in [0.717, 1.165) is 19.4 Å². The first-order valence-electron chi connectivity index (χ1n) is 5.47. The van der Waals surface area contributed by atoms with Crippen LogP contribution in [0.5, 0.6) is 0 Å². The Kier molecular flexibility index (Phi) is 4.93. The van der Waals surface area contributed by atoms with E-state index in [9.17, 15) is 0 Å². The number of unbranched alkanes of at least 4 members (excludes halogenated alkanes) is 1. The van der Waals surface area contributed by atoms with Crippen LogP contribution in [0.4, 0.5) is 0 Å². The van der Waals surface area contributed by atoms with Gasteiger partial charge in [-0.25, -0.2) is 0 Å². The fourth-order valence-corrected chi connectivity index (χ4v) is 1.48. The molecule has 0 bridgehead atoms. The van der Waals surface area contributed by atoms with Gasteiger partial charge in [0, 0.05) is 12.5 Å². The van der Waals surface area contributed by atoms with Gasteiger partial charge >= 0.3 is 0 Å². The maximum atomic E-state index is 5.20. The summed E-state index contributed by atoms with van der Waals surface area (Å²) in [6, 6.07) is 9.05. The summed E-state index contributed by atoms with van der Waals surface area (Å²) in [6.07, 6.45) is 7.10. The number of aryl methyl sites for hydroxylation is 1. The fourth-order valence-electron chi connectivity index (χ4n) is 1.48. The van der Waals surface area contributed by atoms with Crippen molar-refractivity contribution in [1.29, 1.82) is 0 Å². The Balaban J connectivity index is 2.37. The van der Waals surface area contributed by atoms with E-state index in [1.54, 1.807) is 0 Å². The van der Waals surface area contributed by atoms with Crippen LogP contribution in [0.25, 0.3) is 0 Å². The molecule has 0 aliphatic carbocycles. The molecule has 0 unspecified atom stereocenters. The Morgan fingerprint density at radius 2 is 2.00 bits per heavy atom. The van der Waals surface area contributed by atoms with Crippen LogP contribution in [0, 0.1) is 19.3 Å². The Labute approximate surface area is 92.9 Å². The van der Waals surface area contributed by atoms with Crippen molar-refractivity contribution in [3.05, 3.63) is 35.4 Å². The van der Waals surface area contributed by atoms with E-state index in [-0.39, 0.29) is 0 Å². The van der Waals surface area contributed by atoms with Crippen molar-refractivity contribution in [2.75, 3.05) is 6.54 Å². The van der Waals surface area contributed by atoms with Crippen LogP contribution in [0.15, 0.2) is 24.3 Å². The third-order valence-electron chi connectivity index (χ3n) is 2.53. The predicted molar refractivity (Wildman–Crippen MR) is 65.7 cm³/mol. The minimum Gasteiger partial charge on any atom is -0.310 e. The van der Waals surface area contributed by atoms with Gasteiger partial charge in [0.2, 0.25) is 0 Å². The quantitative estimate of drug-likeness (QED) is 0.570. The van der Waals surface area contributed by atoms with E-state index >= 15 is 0 Å². The highest BCUT2D eigenvalue weighted by Gasteiger charge is 2.02. The standard InChI is InChI=1S/C14H19N/c1-4-5-6-11-15-13(3)14-9-7-12(2)8-10-14/h1,7-10,13,15H,5-6,11H2,2-3H3/t13-/m0/s1. The lowest BCUT2D eigenvalue weighted by Gasteiger charge is -2.13. The highest BCUT2D eigenvalue weighted by Crippen LogP contribution is 2.12. The molecule has 0 saturated carbocycles. The molecule has 1 atom stereocenters. The third kappa shape index (κ3) is 4.18. The van der Waals surface area contributed by atoms with Crippen molar-refractivity contribution in [2.24, 2.45) is 0 Å². The van der Waals surface area contributed by atoms with E-state index < -0.39 is 0 Å². The molecule has 0 aliphatic rings. The number of nitrogens with one attached hydrogen (secondary N) is 1. The summed E-state index contributed by atoms with van der Waals surface area (Å²) in [5.41, 5.74) is 2.64. The summed E-state index contributed by atoms with van der Waals surface area (Å²) in [7, 11) is 0. The zero-order valence-electron chi connectivity index (χ0n) is 9.59. The number of hydrogen-bond acceptors (Lipinski definition) is 1. The third-order valence-corrected chi connectivity index (χ3v) is 2.53. The monoisotopic (exact) mass is 201 g/mol. The smallest absolute Gasteiger partial charge is 0.0291 e. The summed E-state index contributed by atoms with van der Waals surface area (Å²) >= 11 is 0. The molecule has 1 aromatic carbocycles. The van der Waals surface area contributed by atoms with Crippen molar-refractivity contribution in [3.63, 3.8) is 0 Å². The predicted octanol–water partition coefficient (Wildman–Crippen LogP) is 3.06. The van der Waals surface area contributed by atoms with Gasteiger partial charge in [0.25, 0.3) is 0 Å². The van der Waals surface area contributed by atoms with Gasteiger partial charge in [0.1, 0.15) is 0 Å². The Morgan fingerprint density at radius 1 is 1.33 bits per heavy atom. The second kappa shape index (κ2) is 6.27. The van der Waals surface area contributed by atoms with Gasteiger partial charge in [-0.1, -0.05) is 29.8 Å². The van der Waals surface area contributed by atoms with Gasteiger partial charge in [0.15, 0.2) is 0 Å². The lowest BCUT2D eigenvalue weighted by atomic mass is 10.1. The maximum Gasteiger partial charge on any atom is 0.0291 e. The molecule has 0 amide bonds. The van der Waals surface area contributed by atoms with Crippen LogP contribution in [0.2, 0.25) is 0 Å². The molecular weight excluding hydrogens is 182 g/mol. The SMILES string of the molecule is C#CCCCN[C@@H](C)c1ccc(C)cc1. The van der Waals surface area contributed by atoms with Crippen LogP contribution < -0.4 is 5.32 Å². The van der Waals surface area contributed by atoms with E-state index in [0.29, 0.717) is 6.04 Å². The highest BCUT2D eigenvalue weighted by molar-refractivity contribution is 5.23. The Morgan fingerprint density at radius 3 is 2.60 bits per heavy atom. The Hall–Kier alpha value is -1.26. The van der Waals surface area contributed by atoms with Crippen LogP contribution in [0.3, 0.4) is 0 Å². The molecule has 0 saturated heterocycles. The van der Waals surface area contributed by atoms with Crippen molar-refractivity contribution >= 4 is 0 Å². The molecule has 0 spiro atoms. The summed E-state index contributed by atoms with van der Waals surface area (Å²) in [5, 5.41) is 3.46. The largest absolute Gasteiger partial charge is 0.310 e. The molecule has 0 aliphatic heterocycles. The molecule has 1 rings (SSSR count). The molecule has 1 N–H and O–H groups in total. The van der Waals surface area contributed by atoms with E-state index in [2.05, 4.69) is 49.4 Å². The van der Waals surface area contributed by atoms with Gasteiger partial charge < -0.3 is 5.32 Å². The van der Waals surface area contributed by atoms with Gasteiger partial charge in [-0.15, -0.1) is 12.3 Å². The second-order valence-corrected chi connectivity index (χ2v) is 3.89. The number of terminal acetylenes is 1. The van der Waals surface area contributed by atoms with Crippen LogP contribution in [-0.4, -0.2) is 6.54 Å². The van der Waals surface area contributed by atoms with Gasteiger partial charge in [-0.3, -0.25) is 0 Å². The number of rotatable bonds is 5. The van der Waals surface area contributed by atoms with Crippen LogP contribution in [-0.2, 0) is 0 Å². The first kappa shape index (κ1) is 11.8. The van der Waals surface area contributed by atoms with E-state index in [1.165, 1.54) is 11.1 Å². The number of hydrogen-bond donors (Lipinski definition) is 1. The van der Waals surface area contributed by atoms with Crippen molar-refractivity contribution < 1.29 is 0 Å². The van der Waals surface area contributed by atoms with Crippen molar-refractivity contribution in [3.8, 4) is 12.3 Å². The molecular formula is C14H19N. The molecule has 80 valence electrons. The lowest BCUT2D eigenvalue weighted by molar-refractivity contribution is 0.562. The summed E-state index contributed by atoms with van der Waals surface area (Å²) in [4.78, 5) is 0. The number of benzene rings is 1. The molecule has 1 heteroatoms. The summed E-state index contributed by atoms with van der Waals surface area (Å²) in [6.45, 7) is 5.27. The lowest BCUT2D eigenvalue weighted by Crippen LogP contribution is -2.19. The zero-order chi connectivity index (χ0) is 11.1. The van der Waals surface area contributed by atoms with Gasteiger partial charge in [-0.05, 0) is 32.4 Å². The Bertz CT molecular complexity index is 318. The minimum absolute atomic E-state index is 0.406. The molecule has 1 nitrogen and oxygen atoms in total. The van der Waals surface area contributed by atoms with Gasteiger partial charge in [-0.2, -0.15) is 0 Å². The highest BCUT2D eigenvalue weighted by atomic mass is 14.9. The van der Waals surface area contributed by atoms with E-state index in [4.69, 9.17) is 6.42 Å². The topological polar surface area (TPSA) is 12.0 Å². The second-order valence-electron chi connectivity index (χ2n) is 3.89. The normalized spacial score (nSPS) is 12.1. The maximum absolute atomic E-state index is 5.20. The average Bonchev–Trinajstić information content (AvgIpc) is 2.25. The van der Waals surface area contributed by atoms with Crippen molar-refractivity contribution in [2.45, 2.75) is 32.7 Å². The van der Waals surface area contributed by atoms with Crippen LogP contribution >= 0.6 is 0 Å². The van der Waals surface area contributed by atoms with E-state index in [1.807, 2.05) is 0 Å². The fraction of sp³-hybridized carbons (Fsp3) is 0.429. The summed E-state index contributed by atoms with van der Waals surface area (Å²) in [5.74, 6) is 2.65. The molecule has 1 aromatic rings. The molecule has 0 heterocycles. The molecule has 0 fully saturated rings. The zero-order valence-corrected chi connectivity index (χ0v) is 9.59. The van der Waals surface area contributed by atoms with Crippen LogP contribution in [0.1, 0.15) is 36.9 Å². The molecule has 15 heavy (non-hydrogen) atoms. The molecule has 0 aromatic heterocycles. The summed E-state index contributed by atoms with van der Waals surface area (Å²) < 4.78 is 0. The molecule has 0 radical (unpaired) electrons. The first-order valence-corrected chi connectivity index (χ1v) is 5.47. The average molecular weight is 201 g/mol. The van der Waals surface area contributed by atoms with Crippen molar-refractivity contribution in [1.82, 2.24) is 5.32 Å². The van der Waals surface area contributed by atoms with Gasteiger partial charge in [0.05, 0.1) is 0 Å². The minimum atomic E-state index is 0.406.